The monoisotopic (exact) mass is 376 g/mol. The van der Waals surface area contributed by atoms with Gasteiger partial charge in [-0.25, -0.2) is 13.1 Å². The number of carbonyl (C=O) groups excluding carboxylic acids is 1. The quantitative estimate of drug-likeness (QED) is 0.774. The molecule has 2 N–H and O–H groups in total. The van der Waals surface area contributed by atoms with Crippen LogP contribution in [0.15, 0.2) is 42.7 Å². The van der Waals surface area contributed by atoms with E-state index in [0.29, 0.717) is 38.9 Å². The Bertz CT molecular complexity index is 839. The van der Waals surface area contributed by atoms with Crippen LogP contribution in [-0.2, 0) is 21.1 Å². The van der Waals surface area contributed by atoms with Crippen molar-refractivity contribution in [3.05, 3.63) is 48.3 Å². The lowest BCUT2D eigenvalue weighted by Crippen LogP contribution is -2.57. The van der Waals surface area contributed by atoms with Crippen LogP contribution in [-0.4, -0.2) is 54.7 Å². The summed E-state index contributed by atoms with van der Waals surface area (Å²) in [5.74, 6) is -0.380. The predicted molar refractivity (Wildman–Crippen MR) is 100.0 cm³/mol. The number of nitrogens with zero attached hydrogens (tertiary/aromatic N) is 2. The maximum absolute atomic E-state index is 12.6. The fourth-order valence-electron chi connectivity index (χ4n) is 3.32. The number of carbonyl (C=O) groups is 1. The van der Waals surface area contributed by atoms with Gasteiger partial charge in [-0.2, -0.15) is 5.10 Å². The van der Waals surface area contributed by atoms with Crippen molar-refractivity contribution in [2.45, 2.75) is 24.0 Å². The second kappa shape index (κ2) is 7.59. The lowest BCUT2D eigenvalue weighted by molar-refractivity contribution is -0.124. The molecule has 0 unspecified atom stereocenters. The first-order valence-electron chi connectivity index (χ1n) is 8.70. The van der Waals surface area contributed by atoms with Gasteiger partial charge in [-0.05, 0) is 56.1 Å². The summed E-state index contributed by atoms with van der Waals surface area (Å²) in [4.78, 5) is 12.6. The average molecular weight is 376 g/mol. The Morgan fingerprint density at radius 2 is 1.96 bits per heavy atom. The summed E-state index contributed by atoms with van der Waals surface area (Å²) >= 11 is 0. The molecule has 1 amide bonds. The molecule has 7 nitrogen and oxygen atoms in total. The van der Waals surface area contributed by atoms with Crippen LogP contribution in [0.4, 0.5) is 0 Å². The number of hydrogen-bond donors (Lipinski definition) is 2. The summed E-state index contributed by atoms with van der Waals surface area (Å²) in [6, 6.07) is 9.77. The van der Waals surface area contributed by atoms with Crippen LogP contribution in [0.2, 0.25) is 0 Å². The van der Waals surface area contributed by atoms with Crippen molar-refractivity contribution in [1.82, 2.24) is 20.4 Å². The smallest absolute Gasteiger partial charge is 0.241 e. The van der Waals surface area contributed by atoms with Crippen molar-refractivity contribution in [2.24, 2.45) is 0 Å². The number of aromatic nitrogens is 2. The Kier molecular flexibility index (Phi) is 5.43. The summed E-state index contributed by atoms with van der Waals surface area (Å²) in [5, 5.41) is 10.1. The molecule has 1 aromatic carbocycles. The van der Waals surface area contributed by atoms with Crippen LogP contribution in [0.5, 0.6) is 0 Å². The van der Waals surface area contributed by atoms with E-state index in [1.54, 1.807) is 10.9 Å². The molecule has 26 heavy (non-hydrogen) atoms. The van der Waals surface area contributed by atoms with Crippen molar-refractivity contribution in [3.63, 3.8) is 0 Å². The third kappa shape index (κ3) is 3.81. The SMILES string of the molecule is CS(=O)(=O)C1(C(=O)NCCc2ccc(-n3cccn3)cc2)CCNCC1. The summed E-state index contributed by atoms with van der Waals surface area (Å²) in [5.41, 5.74) is 2.04. The molecule has 0 radical (unpaired) electrons. The zero-order valence-corrected chi connectivity index (χ0v) is 15.6. The van der Waals surface area contributed by atoms with Crippen molar-refractivity contribution in [3.8, 4) is 5.69 Å². The van der Waals surface area contributed by atoms with Gasteiger partial charge in [0.05, 0.1) is 5.69 Å². The van der Waals surface area contributed by atoms with E-state index >= 15 is 0 Å². The maximum atomic E-state index is 12.6. The zero-order chi connectivity index (χ0) is 18.6. The van der Waals surface area contributed by atoms with E-state index in [2.05, 4.69) is 15.7 Å². The third-order valence-corrected chi connectivity index (χ3v) is 6.95. The highest BCUT2D eigenvalue weighted by atomic mass is 32.2. The molecule has 1 fully saturated rings. The van der Waals surface area contributed by atoms with Gasteiger partial charge in [-0.1, -0.05) is 12.1 Å². The van der Waals surface area contributed by atoms with Gasteiger partial charge in [0.15, 0.2) is 14.6 Å². The van der Waals surface area contributed by atoms with Crippen molar-refractivity contribution in [2.75, 3.05) is 25.9 Å². The number of hydrogen-bond acceptors (Lipinski definition) is 5. The van der Waals surface area contributed by atoms with E-state index in [9.17, 15) is 13.2 Å². The molecule has 0 bridgehead atoms. The molecule has 1 saturated heterocycles. The van der Waals surface area contributed by atoms with Crippen LogP contribution in [0.3, 0.4) is 0 Å². The minimum absolute atomic E-state index is 0.316. The summed E-state index contributed by atoms with van der Waals surface area (Å²) in [6.45, 7) is 1.48. The molecule has 8 heteroatoms. The first kappa shape index (κ1) is 18.6. The second-order valence-electron chi connectivity index (χ2n) is 6.64. The molecule has 2 aromatic rings. The number of nitrogens with one attached hydrogen (secondary N) is 2. The molecular formula is C18H24N4O3S. The Morgan fingerprint density at radius 1 is 1.27 bits per heavy atom. The molecule has 1 aromatic heterocycles. The lowest BCUT2D eigenvalue weighted by Gasteiger charge is -2.34. The first-order chi connectivity index (χ1) is 12.4. The fraction of sp³-hybridized carbons (Fsp3) is 0.444. The number of sulfone groups is 1. The van der Waals surface area contributed by atoms with Gasteiger partial charge in [0.2, 0.25) is 5.91 Å². The lowest BCUT2D eigenvalue weighted by atomic mass is 9.95. The highest BCUT2D eigenvalue weighted by molar-refractivity contribution is 7.92. The highest BCUT2D eigenvalue weighted by Gasteiger charge is 2.48. The van der Waals surface area contributed by atoms with E-state index in [0.717, 1.165) is 17.5 Å². The first-order valence-corrected chi connectivity index (χ1v) is 10.6. The number of rotatable bonds is 6. The van der Waals surface area contributed by atoms with Gasteiger partial charge in [-0.3, -0.25) is 4.79 Å². The molecule has 0 atom stereocenters. The Labute approximate surface area is 153 Å². The second-order valence-corrected chi connectivity index (χ2v) is 8.97. The number of piperidine rings is 1. The van der Waals surface area contributed by atoms with E-state index in [1.165, 1.54) is 0 Å². The highest BCUT2D eigenvalue weighted by Crippen LogP contribution is 2.27. The number of benzene rings is 1. The average Bonchev–Trinajstić information content (AvgIpc) is 3.16. The van der Waals surface area contributed by atoms with E-state index in [4.69, 9.17) is 0 Å². The van der Waals surface area contributed by atoms with E-state index in [1.807, 2.05) is 36.5 Å². The molecule has 0 aliphatic carbocycles. The molecule has 3 rings (SSSR count). The standard InChI is InChI=1S/C18H24N4O3S/c1-26(24,25)18(8-12-19-13-9-18)17(23)20-11-7-15-3-5-16(6-4-15)22-14-2-10-21-22/h2-6,10,14,19H,7-9,11-13H2,1H3,(H,20,23). The molecule has 1 aliphatic heterocycles. The molecule has 0 spiro atoms. The summed E-state index contributed by atoms with van der Waals surface area (Å²) in [7, 11) is -3.47. The van der Waals surface area contributed by atoms with Crippen molar-refractivity contribution in [1.29, 1.82) is 0 Å². The van der Waals surface area contributed by atoms with Crippen LogP contribution >= 0.6 is 0 Å². The topological polar surface area (TPSA) is 93.1 Å². The van der Waals surface area contributed by atoms with Crippen LogP contribution in [0.25, 0.3) is 5.69 Å². The van der Waals surface area contributed by atoms with Gasteiger partial charge < -0.3 is 10.6 Å². The maximum Gasteiger partial charge on any atom is 0.241 e. The Morgan fingerprint density at radius 3 is 2.54 bits per heavy atom. The largest absolute Gasteiger partial charge is 0.354 e. The number of amides is 1. The molecule has 1 aliphatic rings. The Hall–Kier alpha value is -2.19. The van der Waals surface area contributed by atoms with Gasteiger partial charge in [0, 0.05) is 25.2 Å². The van der Waals surface area contributed by atoms with Crippen LogP contribution < -0.4 is 10.6 Å². The third-order valence-electron chi connectivity index (χ3n) is 4.94. The fourth-order valence-corrected chi connectivity index (χ4v) is 4.67. The zero-order valence-electron chi connectivity index (χ0n) is 14.8. The minimum Gasteiger partial charge on any atom is -0.354 e. The van der Waals surface area contributed by atoms with E-state index < -0.39 is 14.6 Å². The van der Waals surface area contributed by atoms with Gasteiger partial charge >= 0.3 is 0 Å². The molecule has 140 valence electrons. The van der Waals surface area contributed by atoms with Crippen molar-refractivity contribution < 1.29 is 13.2 Å². The summed E-state index contributed by atoms with van der Waals surface area (Å²) in [6.07, 6.45) is 6.03. The summed E-state index contributed by atoms with van der Waals surface area (Å²) < 4.78 is 24.9. The van der Waals surface area contributed by atoms with Crippen molar-refractivity contribution >= 4 is 15.7 Å². The molecular weight excluding hydrogens is 352 g/mol. The van der Waals surface area contributed by atoms with Crippen LogP contribution in [0.1, 0.15) is 18.4 Å². The Balaban J connectivity index is 1.59. The predicted octanol–water partition coefficient (Wildman–Crippen LogP) is 0.698. The van der Waals surface area contributed by atoms with Gasteiger partial charge in [0.25, 0.3) is 0 Å². The van der Waals surface area contributed by atoms with Gasteiger partial charge in [-0.15, -0.1) is 0 Å². The van der Waals surface area contributed by atoms with E-state index in [-0.39, 0.29) is 5.91 Å². The molecule has 2 heterocycles. The minimum atomic E-state index is -3.47. The molecule has 0 saturated carbocycles. The van der Waals surface area contributed by atoms with Gasteiger partial charge in [0.1, 0.15) is 0 Å². The van der Waals surface area contributed by atoms with Crippen LogP contribution in [0, 0.1) is 0 Å². The normalized spacial score (nSPS) is 17.0.